The third kappa shape index (κ3) is 3.81. The van der Waals surface area contributed by atoms with E-state index >= 15 is 0 Å². The Hall–Kier alpha value is -4.10. The fourth-order valence-electron chi connectivity index (χ4n) is 3.75. The molecule has 7 heteroatoms. The number of hydrogen-bond donors (Lipinski definition) is 2. The van der Waals surface area contributed by atoms with Gasteiger partial charge in [0.05, 0.1) is 23.5 Å². The number of nitrogens with zero attached hydrogens (tertiary/aromatic N) is 2. The standard InChI is InChI=1S/C25H21N3O4/c1-15(16-7-3-2-4-8-16)23(29)18-11-12-19(25(31)32-26)24(30)21(18)22-17-9-5-6-10-20(17)27-13-14-28-22/h2-13,15,30H,14,26H2,1H3. The number of ketones is 1. The lowest BCUT2D eigenvalue weighted by Crippen LogP contribution is -2.19. The zero-order valence-electron chi connectivity index (χ0n) is 17.4. The van der Waals surface area contributed by atoms with Crippen LogP contribution in [-0.4, -0.2) is 35.3 Å². The summed E-state index contributed by atoms with van der Waals surface area (Å²) in [6, 6.07) is 19.4. The molecule has 0 radical (unpaired) electrons. The van der Waals surface area contributed by atoms with Crippen LogP contribution in [0.3, 0.4) is 0 Å². The van der Waals surface area contributed by atoms with E-state index in [1.165, 1.54) is 12.1 Å². The Morgan fingerprint density at radius 3 is 2.44 bits per heavy atom. The maximum absolute atomic E-state index is 13.6. The van der Waals surface area contributed by atoms with E-state index in [-0.39, 0.29) is 29.0 Å². The molecule has 3 aromatic carbocycles. The molecule has 0 saturated carbocycles. The molecule has 1 unspecified atom stereocenters. The SMILES string of the molecule is CC(C(=O)c1ccc(C(=O)ON)c(O)c1C1=NCC=Nc2ccccc21)c1ccccc1. The van der Waals surface area contributed by atoms with Crippen LogP contribution in [0.25, 0.3) is 0 Å². The van der Waals surface area contributed by atoms with Crippen LogP contribution in [0.2, 0.25) is 0 Å². The minimum atomic E-state index is -0.919. The maximum atomic E-state index is 13.6. The lowest BCUT2D eigenvalue weighted by Gasteiger charge is -2.18. The highest BCUT2D eigenvalue weighted by Gasteiger charge is 2.29. The average Bonchev–Trinajstić information content (AvgIpc) is 3.05. The number of aromatic hydroxyl groups is 1. The van der Waals surface area contributed by atoms with Crippen LogP contribution < -0.4 is 5.90 Å². The van der Waals surface area contributed by atoms with Gasteiger partial charge in [0, 0.05) is 23.3 Å². The fourth-order valence-corrected chi connectivity index (χ4v) is 3.75. The molecule has 1 atom stereocenters. The molecule has 1 aliphatic rings. The molecule has 0 saturated heterocycles. The quantitative estimate of drug-likeness (QED) is 0.472. The van der Waals surface area contributed by atoms with Gasteiger partial charge < -0.3 is 9.94 Å². The molecule has 4 rings (SSSR count). The van der Waals surface area contributed by atoms with Crippen LogP contribution in [0.15, 0.2) is 76.7 Å². The number of fused-ring (bicyclic) bond motifs is 1. The minimum Gasteiger partial charge on any atom is -0.506 e. The van der Waals surface area contributed by atoms with Crippen LogP contribution in [0.1, 0.15) is 50.2 Å². The van der Waals surface area contributed by atoms with E-state index in [0.717, 1.165) is 5.56 Å². The molecule has 0 aromatic heterocycles. The van der Waals surface area contributed by atoms with Crippen molar-refractivity contribution in [1.82, 2.24) is 0 Å². The van der Waals surface area contributed by atoms with E-state index in [1.807, 2.05) is 48.5 Å². The van der Waals surface area contributed by atoms with E-state index in [4.69, 9.17) is 5.90 Å². The van der Waals surface area contributed by atoms with Crippen LogP contribution in [0, 0.1) is 0 Å². The number of benzene rings is 3. The van der Waals surface area contributed by atoms with Gasteiger partial charge in [-0.3, -0.25) is 14.8 Å². The van der Waals surface area contributed by atoms with Gasteiger partial charge >= 0.3 is 5.97 Å². The van der Waals surface area contributed by atoms with Gasteiger partial charge in [-0.1, -0.05) is 55.5 Å². The summed E-state index contributed by atoms with van der Waals surface area (Å²) in [6.45, 7) is 2.05. The number of aliphatic imine (C=N–C) groups is 2. The summed E-state index contributed by atoms with van der Waals surface area (Å²) >= 11 is 0. The summed E-state index contributed by atoms with van der Waals surface area (Å²) < 4.78 is 0. The van der Waals surface area contributed by atoms with Crippen LogP contribution in [-0.2, 0) is 4.84 Å². The van der Waals surface area contributed by atoms with Gasteiger partial charge in [0.1, 0.15) is 11.3 Å². The molecule has 3 aromatic rings. The number of rotatable bonds is 5. The minimum absolute atomic E-state index is 0.152. The zero-order chi connectivity index (χ0) is 22.7. The topological polar surface area (TPSA) is 114 Å². The zero-order valence-corrected chi connectivity index (χ0v) is 17.4. The highest BCUT2D eigenvalue weighted by atomic mass is 16.7. The van der Waals surface area contributed by atoms with Crippen molar-refractivity contribution in [3.05, 3.63) is 94.5 Å². The number of phenolic OH excluding ortho intramolecular Hbond substituents is 1. The number of phenols is 1. The van der Waals surface area contributed by atoms with Gasteiger partial charge in [0.2, 0.25) is 0 Å². The highest BCUT2D eigenvalue weighted by Crippen LogP contribution is 2.35. The monoisotopic (exact) mass is 427 g/mol. The Bertz CT molecular complexity index is 1250. The summed E-state index contributed by atoms with van der Waals surface area (Å²) in [4.78, 5) is 39.0. The van der Waals surface area contributed by atoms with E-state index in [9.17, 15) is 14.7 Å². The molecule has 1 heterocycles. The van der Waals surface area contributed by atoms with E-state index < -0.39 is 17.6 Å². The smallest absolute Gasteiger partial charge is 0.360 e. The van der Waals surface area contributed by atoms with Gasteiger partial charge in [-0.2, -0.15) is 5.90 Å². The fraction of sp³-hybridized carbons (Fsp3) is 0.120. The predicted molar refractivity (Wildman–Crippen MR) is 122 cm³/mol. The summed E-state index contributed by atoms with van der Waals surface area (Å²) in [5.41, 5.74) is 2.71. The van der Waals surface area contributed by atoms with E-state index in [1.54, 1.807) is 19.2 Å². The third-order valence-electron chi connectivity index (χ3n) is 5.42. The van der Waals surface area contributed by atoms with Crippen LogP contribution >= 0.6 is 0 Å². The van der Waals surface area contributed by atoms with Crippen molar-refractivity contribution in [2.24, 2.45) is 15.9 Å². The van der Waals surface area contributed by atoms with E-state index in [2.05, 4.69) is 14.8 Å². The largest absolute Gasteiger partial charge is 0.506 e. The molecule has 0 bridgehead atoms. The lowest BCUT2D eigenvalue weighted by molar-refractivity contribution is 0.0499. The maximum Gasteiger partial charge on any atom is 0.360 e. The Morgan fingerprint density at radius 1 is 1.00 bits per heavy atom. The van der Waals surface area contributed by atoms with Crippen molar-refractivity contribution in [3.8, 4) is 5.75 Å². The van der Waals surface area contributed by atoms with Gasteiger partial charge in [0.25, 0.3) is 0 Å². The summed E-state index contributed by atoms with van der Waals surface area (Å²) in [5.74, 6) is 3.00. The Kier molecular flexibility index (Phi) is 5.91. The average molecular weight is 427 g/mol. The third-order valence-corrected chi connectivity index (χ3v) is 5.42. The van der Waals surface area contributed by atoms with Gasteiger partial charge in [-0.15, -0.1) is 0 Å². The molecule has 0 amide bonds. The molecular weight excluding hydrogens is 406 g/mol. The second-order valence-electron chi connectivity index (χ2n) is 7.30. The summed E-state index contributed by atoms with van der Waals surface area (Å²) in [5, 5.41) is 11.1. The summed E-state index contributed by atoms with van der Waals surface area (Å²) in [7, 11) is 0. The molecule has 0 spiro atoms. The highest BCUT2D eigenvalue weighted by molar-refractivity contribution is 6.24. The molecule has 32 heavy (non-hydrogen) atoms. The number of para-hydroxylation sites is 1. The summed E-state index contributed by atoms with van der Waals surface area (Å²) in [6.07, 6.45) is 1.65. The molecule has 3 N–H and O–H groups in total. The number of carbonyl (C=O) groups excluding carboxylic acids is 2. The van der Waals surface area contributed by atoms with Crippen molar-refractivity contribution in [2.45, 2.75) is 12.8 Å². The Labute approximate surface area is 184 Å². The molecule has 0 aliphatic carbocycles. The van der Waals surface area contributed by atoms with E-state index in [0.29, 0.717) is 17.0 Å². The van der Waals surface area contributed by atoms with Crippen molar-refractivity contribution >= 4 is 29.4 Å². The Balaban J connectivity index is 1.93. The normalized spacial score (nSPS) is 13.5. The first-order chi connectivity index (χ1) is 15.5. The van der Waals surface area contributed by atoms with Gasteiger partial charge in [-0.25, -0.2) is 4.79 Å². The molecular formula is C25H21N3O4. The first-order valence-corrected chi connectivity index (χ1v) is 10.1. The van der Waals surface area contributed by atoms with Crippen LogP contribution in [0.4, 0.5) is 5.69 Å². The first kappa shape index (κ1) is 21.1. The van der Waals surface area contributed by atoms with Crippen molar-refractivity contribution in [1.29, 1.82) is 0 Å². The van der Waals surface area contributed by atoms with Crippen molar-refractivity contribution in [3.63, 3.8) is 0 Å². The number of carbonyl (C=O) groups is 2. The first-order valence-electron chi connectivity index (χ1n) is 10.1. The van der Waals surface area contributed by atoms with Crippen molar-refractivity contribution < 1.29 is 19.5 Å². The van der Waals surface area contributed by atoms with Crippen LogP contribution in [0.5, 0.6) is 5.75 Å². The second kappa shape index (κ2) is 8.95. The van der Waals surface area contributed by atoms with Crippen molar-refractivity contribution in [2.75, 3.05) is 6.54 Å². The predicted octanol–water partition coefficient (Wildman–Crippen LogP) is 3.96. The molecule has 0 fully saturated rings. The number of Topliss-reactive ketones (excluding diaryl/α,β-unsaturated/α-hetero) is 1. The van der Waals surface area contributed by atoms with Gasteiger partial charge in [-0.05, 0) is 23.8 Å². The number of hydrogen-bond acceptors (Lipinski definition) is 7. The lowest BCUT2D eigenvalue weighted by atomic mass is 9.86. The molecule has 160 valence electrons. The molecule has 1 aliphatic heterocycles. The number of nitrogens with two attached hydrogens (primary N) is 1. The van der Waals surface area contributed by atoms with Gasteiger partial charge in [0.15, 0.2) is 5.78 Å². The molecule has 7 nitrogen and oxygen atoms in total. The Morgan fingerprint density at radius 2 is 1.69 bits per heavy atom. The second-order valence-corrected chi connectivity index (χ2v) is 7.30.